The number of hydrogen-bond acceptors (Lipinski definition) is 6. The van der Waals surface area contributed by atoms with Crippen LogP contribution < -0.4 is 16.3 Å². The van der Waals surface area contributed by atoms with Gasteiger partial charge in [-0.2, -0.15) is 0 Å². The first-order valence-electron chi connectivity index (χ1n) is 14.7. The second-order valence-electron chi connectivity index (χ2n) is 12.1. The molecule has 43 heavy (non-hydrogen) atoms. The second kappa shape index (κ2) is 9.16. The second-order valence-corrected chi connectivity index (χ2v) is 14.1. The number of nitrogens with zero attached hydrogens (tertiary/aromatic N) is 6. The number of aryl methyl sites for hydroxylation is 3. The SMILES string of the molecule is Cc1ccc2c(c1)Cc1cc(P(c3cc4c(nn3)-c3ccc(C)cc3C4)c3cc4c(nn3)-c3ccc(C)cc3C4)nnc1-2. The maximum atomic E-state index is 4.86. The van der Waals surface area contributed by atoms with E-state index < -0.39 is 7.92 Å². The Hall–Kier alpha value is -4.67. The molecule has 0 amide bonds. The van der Waals surface area contributed by atoms with Crippen molar-refractivity contribution in [1.29, 1.82) is 0 Å². The van der Waals surface area contributed by atoms with Gasteiger partial charge in [0, 0.05) is 36.0 Å². The fraction of sp³-hybridized carbons (Fsp3) is 0.167. The van der Waals surface area contributed by atoms with Gasteiger partial charge >= 0.3 is 0 Å². The molecule has 0 bridgehead atoms. The summed E-state index contributed by atoms with van der Waals surface area (Å²) in [5.74, 6) is 0. The molecule has 0 N–H and O–H groups in total. The molecule has 0 unspecified atom stereocenters. The standard InChI is InChI=1S/C36H27N6P/c1-19-4-7-28-22(10-19)13-25-16-31(37-40-34(25)28)43(32-17-26-14-23-11-20(2)5-8-29(23)35(26)41-38-32)33-18-27-15-24-12-21(3)6-9-30(24)36(27)42-39-33/h4-12,16-18H,13-15H2,1-3H3. The summed E-state index contributed by atoms with van der Waals surface area (Å²) in [6.45, 7) is 6.41. The molecule has 206 valence electrons. The quantitative estimate of drug-likeness (QED) is 0.261. The summed E-state index contributed by atoms with van der Waals surface area (Å²) < 4.78 is 0. The summed E-state index contributed by atoms with van der Waals surface area (Å²) in [4.78, 5) is 0. The fourth-order valence-corrected chi connectivity index (χ4v) is 8.90. The fourth-order valence-electron chi connectivity index (χ4n) is 6.94. The topological polar surface area (TPSA) is 77.3 Å². The largest absolute Gasteiger partial charge is 0.150 e. The molecule has 0 radical (unpaired) electrons. The molecule has 6 nitrogen and oxygen atoms in total. The van der Waals surface area contributed by atoms with Gasteiger partial charge in [0.1, 0.15) is 0 Å². The van der Waals surface area contributed by atoms with E-state index in [-0.39, 0.29) is 0 Å². The van der Waals surface area contributed by atoms with Crippen molar-refractivity contribution in [3.05, 3.63) is 123 Å². The minimum absolute atomic E-state index is 0.854. The monoisotopic (exact) mass is 574 g/mol. The zero-order valence-corrected chi connectivity index (χ0v) is 25.1. The van der Waals surface area contributed by atoms with Crippen molar-refractivity contribution in [1.82, 2.24) is 30.6 Å². The summed E-state index contributed by atoms with van der Waals surface area (Å²) >= 11 is 0. The lowest BCUT2D eigenvalue weighted by Crippen LogP contribution is -2.29. The molecular weight excluding hydrogens is 547 g/mol. The van der Waals surface area contributed by atoms with Gasteiger partial charge < -0.3 is 0 Å². The molecular formula is C36H27N6P. The molecule has 3 aliphatic rings. The number of aromatic nitrogens is 6. The van der Waals surface area contributed by atoms with Crippen LogP contribution in [-0.2, 0) is 19.3 Å². The lowest BCUT2D eigenvalue weighted by atomic mass is 10.1. The van der Waals surface area contributed by atoms with Crippen molar-refractivity contribution in [2.75, 3.05) is 0 Å². The molecule has 0 saturated heterocycles. The first kappa shape index (κ1) is 24.9. The Balaban J connectivity index is 1.17. The zero-order valence-electron chi connectivity index (χ0n) is 24.2. The molecule has 3 aliphatic carbocycles. The van der Waals surface area contributed by atoms with E-state index in [9.17, 15) is 0 Å². The summed E-state index contributed by atoms with van der Waals surface area (Å²) in [5.41, 5.74) is 20.4. The Bertz CT molecular complexity index is 1930. The Morgan fingerprint density at radius 2 is 0.721 bits per heavy atom. The van der Waals surface area contributed by atoms with Crippen molar-refractivity contribution < 1.29 is 0 Å². The lowest BCUT2D eigenvalue weighted by molar-refractivity contribution is 1.04. The van der Waals surface area contributed by atoms with Gasteiger partial charge in [-0.15, -0.1) is 30.6 Å². The molecule has 0 spiro atoms. The lowest BCUT2D eigenvalue weighted by Gasteiger charge is -2.17. The highest BCUT2D eigenvalue weighted by Crippen LogP contribution is 2.41. The van der Waals surface area contributed by atoms with Gasteiger partial charge in [0.2, 0.25) is 0 Å². The van der Waals surface area contributed by atoms with Crippen molar-refractivity contribution >= 4 is 24.2 Å². The van der Waals surface area contributed by atoms with Crippen LogP contribution in [0.1, 0.15) is 50.1 Å². The van der Waals surface area contributed by atoms with Crippen LogP contribution in [0.15, 0.2) is 72.8 Å². The number of benzene rings is 3. The van der Waals surface area contributed by atoms with Crippen LogP contribution in [-0.4, -0.2) is 30.6 Å². The summed E-state index contributed by atoms with van der Waals surface area (Å²) in [6.07, 6.45) is 2.56. The summed E-state index contributed by atoms with van der Waals surface area (Å²) in [7, 11) is -1.23. The van der Waals surface area contributed by atoms with Gasteiger partial charge in [0.05, 0.1) is 41.3 Å². The van der Waals surface area contributed by atoms with Crippen LogP contribution in [0.25, 0.3) is 33.8 Å². The molecule has 0 atom stereocenters. The summed E-state index contributed by atoms with van der Waals surface area (Å²) in [6, 6.07) is 26.4. The average molecular weight is 575 g/mol. The smallest absolute Gasteiger partial charge is 0.0984 e. The maximum Gasteiger partial charge on any atom is 0.0984 e. The van der Waals surface area contributed by atoms with Crippen LogP contribution in [0.2, 0.25) is 0 Å². The third kappa shape index (κ3) is 3.90. The van der Waals surface area contributed by atoms with Crippen molar-refractivity contribution in [2.24, 2.45) is 0 Å². The van der Waals surface area contributed by atoms with Crippen molar-refractivity contribution in [2.45, 2.75) is 40.0 Å². The molecule has 0 aliphatic heterocycles. The van der Waals surface area contributed by atoms with E-state index in [4.69, 9.17) is 30.6 Å². The maximum absolute atomic E-state index is 4.86. The van der Waals surface area contributed by atoms with E-state index in [1.54, 1.807) is 0 Å². The van der Waals surface area contributed by atoms with Crippen molar-refractivity contribution in [3.8, 4) is 33.8 Å². The summed E-state index contributed by atoms with van der Waals surface area (Å²) in [5, 5.41) is 29.0. The van der Waals surface area contributed by atoms with E-state index in [0.29, 0.717) is 0 Å². The first-order chi connectivity index (χ1) is 21.0. The van der Waals surface area contributed by atoms with Crippen LogP contribution in [0.3, 0.4) is 0 Å². The molecule has 3 aromatic heterocycles. The van der Waals surface area contributed by atoms with E-state index in [2.05, 4.69) is 93.6 Å². The third-order valence-electron chi connectivity index (χ3n) is 8.96. The predicted octanol–water partition coefficient (Wildman–Crippen LogP) is 5.45. The molecule has 9 rings (SSSR count). The van der Waals surface area contributed by atoms with E-state index >= 15 is 0 Å². The Morgan fingerprint density at radius 1 is 0.395 bits per heavy atom. The Kier molecular flexibility index (Phi) is 5.30. The van der Waals surface area contributed by atoms with Gasteiger partial charge in [-0.05, 0) is 72.4 Å². The molecule has 3 aromatic carbocycles. The van der Waals surface area contributed by atoms with E-state index in [0.717, 1.165) is 52.6 Å². The Morgan fingerprint density at radius 3 is 1.05 bits per heavy atom. The third-order valence-corrected chi connectivity index (χ3v) is 11.0. The molecule has 0 saturated carbocycles. The number of fused-ring (bicyclic) bond motifs is 9. The normalized spacial score (nSPS) is 13.4. The van der Waals surface area contributed by atoms with Gasteiger partial charge in [-0.1, -0.05) is 71.3 Å². The van der Waals surface area contributed by atoms with Gasteiger partial charge in [0.15, 0.2) is 0 Å². The average Bonchev–Trinajstić information content (AvgIpc) is 3.65. The van der Waals surface area contributed by atoms with E-state index in [1.165, 1.54) is 66.8 Å². The highest BCUT2D eigenvalue weighted by molar-refractivity contribution is 7.79. The predicted molar refractivity (Wildman–Crippen MR) is 171 cm³/mol. The highest BCUT2D eigenvalue weighted by atomic mass is 31.1. The molecule has 3 heterocycles. The van der Waals surface area contributed by atoms with Crippen LogP contribution >= 0.6 is 7.92 Å². The Labute approximate surface area is 251 Å². The molecule has 7 heteroatoms. The van der Waals surface area contributed by atoms with Gasteiger partial charge in [-0.25, -0.2) is 0 Å². The first-order valence-corrected chi connectivity index (χ1v) is 16.0. The van der Waals surface area contributed by atoms with Gasteiger partial charge in [0.25, 0.3) is 0 Å². The highest BCUT2D eigenvalue weighted by Gasteiger charge is 2.31. The van der Waals surface area contributed by atoms with Crippen LogP contribution in [0.5, 0.6) is 0 Å². The van der Waals surface area contributed by atoms with Crippen LogP contribution in [0.4, 0.5) is 0 Å². The van der Waals surface area contributed by atoms with Crippen LogP contribution in [0, 0.1) is 20.8 Å². The van der Waals surface area contributed by atoms with Gasteiger partial charge in [-0.3, -0.25) is 0 Å². The zero-order chi connectivity index (χ0) is 28.8. The number of rotatable bonds is 3. The van der Waals surface area contributed by atoms with Crippen molar-refractivity contribution in [3.63, 3.8) is 0 Å². The minimum atomic E-state index is -1.23. The molecule has 0 fully saturated rings. The van der Waals surface area contributed by atoms with E-state index in [1.807, 2.05) is 0 Å². The number of hydrogen-bond donors (Lipinski definition) is 0. The molecule has 6 aromatic rings. The minimum Gasteiger partial charge on any atom is -0.150 e.